The average Bonchev–Trinajstić information content (AvgIpc) is 2.83. The molecule has 0 aliphatic carbocycles. The van der Waals surface area contributed by atoms with Gasteiger partial charge in [0, 0.05) is 19.2 Å². The molecule has 1 aliphatic rings. The topological polar surface area (TPSA) is 40.5 Å². The molecule has 1 aromatic carbocycles. The van der Waals surface area contributed by atoms with Crippen LogP contribution in [-0.4, -0.2) is 29.0 Å². The molecule has 0 atom stereocenters. The van der Waals surface area contributed by atoms with Crippen molar-refractivity contribution in [2.24, 2.45) is 5.41 Å². The van der Waals surface area contributed by atoms with E-state index < -0.39 is 5.82 Å². The molecule has 0 aromatic heterocycles. The number of carbonyl (C=O) groups excluding carboxylic acids is 1. The maximum absolute atomic E-state index is 12.9. The number of amides is 1. The van der Waals surface area contributed by atoms with Gasteiger partial charge >= 0.3 is 0 Å². The lowest BCUT2D eigenvalue weighted by atomic mass is 9.82. The van der Waals surface area contributed by atoms with Gasteiger partial charge < -0.3 is 10.0 Å². The number of phenols is 1. The first kappa shape index (κ1) is 13.8. The quantitative estimate of drug-likeness (QED) is 0.911. The minimum Gasteiger partial charge on any atom is -0.507 e. The van der Waals surface area contributed by atoms with Gasteiger partial charge in [-0.2, -0.15) is 0 Å². The number of nitrogens with zero attached hydrogens (tertiary/aromatic N) is 1. The Morgan fingerprint density at radius 2 is 2.11 bits per heavy atom. The molecule has 1 heterocycles. The number of phenolic OH excluding ortho intramolecular Hbond substituents is 1. The Kier molecular flexibility index (Phi) is 3.78. The molecule has 0 unspecified atom stereocenters. The molecule has 0 bridgehead atoms. The van der Waals surface area contributed by atoms with Crippen LogP contribution in [0.2, 0.25) is 0 Å². The van der Waals surface area contributed by atoms with E-state index in [9.17, 15) is 14.3 Å². The van der Waals surface area contributed by atoms with Crippen molar-refractivity contribution in [3.8, 4) is 5.75 Å². The van der Waals surface area contributed by atoms with Gasteiger partial charge in [-0.05, 0) is 36.8 Å². The molecular weight excluding hydrogens is 245 g/mol. The van der Waals surface area contributed by atoms with Crippen molar-refractivity contribution in [3.05, 3.63) is 29.6 Å². The zero-order valence-corrected chi connectivity index (χ0v) is 11.4. The number of benzene rings is 1. The fourth-order valence-corrected chi connectivity index (χ4v) is 2.79. The fraction of sp³-hybridized carbons (Fsp3) is 0.533. The number of aromatic hydroxyl groups is 1. The fourth-order valence-electron chi connectivity index (χ4n) is 2.79. The van der Waals surface area contributed by atoms with E-state index in [1.807, 2.05) is 0 Å². The second-order valence-electron chi connectivity index (χ2n) is 5.35. The number of hydrogen-bond acceptors (Lipinski definition) is 2. The van der Waals surface area contributed by atoms with Gasteiger partial charge in [0.05, 0.1) is 5.56 Å². The van der Waals surface area contributed by atoms with Crippen molar-refractivity contribution >= 4 is 5.91 Å². The second-order valence-corrected chi connectivity index (χ2v) is 5.35. The molecule has 1 N–H and O–H groups in total. The summed E-state index contributed by atoms with van der Waals surface area (Å²) in [7, 11) is 0. The summed E-state index contributed by atoms with van der Waals surface area (Å²) in [5.74, 6) is -1.02. The van der Waals surface area contributed by atoms with Gasteiger partial charge in [-0.15, -0.1) is 0 Å². The van der Waals surface area contributed by atoms with Gasteiger partial charge in [0.25, 0.3) is 5.91 Å². The van der Waals surface area contributed by atoms with Gasteiger partial charge in [-0.3, -0.25) is 4.79 Å². The van der Waals surface area contributed by atoms with Crippen molar-refractivity contribution < 1.29 is 14.3 Å². The van der Waals surface area contributed by atoms with E-state index in [2.05, 4.69) is 13.8 Å². The maximum Gasteiger partial charge on any atom is 0.257 e. The lowest BCUT2D eigenvalue weighted by Gasteiger charge is -2.26. The first-order valence-electron chi connectivity index (χ1n) is 6.79. The third-order valence-corrected chi connectivity index (χ3v) is 4.42. The second kappa shape index (κ2) is 5.19. The van der Waals surface area contributed by atoms with Crippen LogP contribution in [-0.2, 0) is 0 Å². The molecule has 0 spiro atoms. The normalized spacial score (nSPS) is 17.7. The van der Waals surface area contributed by atoms with E-state index in [1.165, 1.54) is 12.1 Å². The van der Waals surface area contributed by atoms with Crippen LogP contribution >= 0.6 is 0 Å². The SMILES string of the molecule is CCC1(CC)CCN(C(=O)c2ccc(F)cc2O)C1. The zero-order valence-electron chi connectivity index (χ0n) is 11.4. The van der Waals surface area contributed by atoms with Gasteiger partial charge in [-0.25, -0.2) is 4.39 Å². The van der Waals surface area contributed by atoms with Crippen molar-refractivity contribution in [2.45, 2.75) is 33.1 Å². The third kappa shape index (κ3) is 2.57. The number of rotatable bonds is 3. The summed E-state index contributed by atoms with van der Waals surface area (Å²) in [5, 5.41) is 9.68. The molecule has 4 heteroatoms. The Labute approximate surface area is 113 Å². The summed E-state index contributed by atoms with van der Waals surface area (Å²) >= 11 is 0. The molecule has 1 amide bonds. The molecule has 19 heavy (non-hydrogen) atoms. The molecule has 104 valence electrons. The zero-order chi connectivity index (χ0) is 14.0. The molecule has 3 nitrogen and oxygen atoms in total. The monoisotopic (exact) mass is 265 g/mol. The molecule has 0 radical (unpaired) electrons. The first-order chi connectivity index (χ1) is 9.01. The van der Waals surface area contributed by atoms with Crippen molar-refractivity contribution in [2.75, 3.05) is 13.1 Å². The summed E-state index contributed by atoms with van der Waals surface area (Å²) in [5.41, 5.74) is 0.384. The van der Waals surface area contributed by atoms with Gasteiger partial charge in [0.1, 0.15) is 11.6 Å². The van der Waals surface area contributed by atoms with Crippen LogP contribution in [0.25, 0.3) is 0 Å². The number of carbonyl (C=O) groups is 1. The number of halogens is 1. The van der Waals surface area contributed by atoms with Gasteiger partial charge in [0.15, 0.2) is 0 Å². The van der Waals surface area contributed by atoms with Crippen LogP contribution < -0.4 is 0 Å². The van der Waals surface area contributed by atoms with E-state index in [0.29, 0.717) is 6.54 Å². The molecule has 0 saturated carbocycles. The summed E-state index contributed by atoms with van der Waals surface area (Å²) in [6, 6.07) is 3.54. The Bertz CT molecular complexity index is 483. The Hall–Kier alpha value is -1.58. The highest BCUT2D eigenvalue weighted by Gasteiger charge is 2.37. The largest absolute Gasteiger partial charge is 0.507 e. The van der Waals surface area contributed by atoms with Crippen LogP contribution in [0.5, 0.6) is 5.75 Å². The number of hydrogen-bond donors (Lipinski definition) is 1. The third-order valence-electron chi connectivity index (χ3n) is 4.42. The molecule has 1 saturated heterocycles. The molecule has 1 fully saturated rings. The Balaban J connectivity index is 2.17. The summed E-state index contributed by atoms with van der Waals surface area (Å²) in [4.78, 5) is 14.1. The highest BCUT2D eigenvalue weighted by molar-refractivity contribution is 5.97. The minimum atomic E-state index is -0.535. The average molecular weight is 265 g/mol. The minimum absolute atomic E-state index is 0.185. The molecule has 1 aliphatic heterocycles. The highest BCUT2D eigenvalue weighted by Crippen LogP contribution is 2.38. The van der Waals surface area contributed by atoms with Crippen molar-refractivity contribution in [1.29, 1.82) is 0 Å². The predicted molar refractivity (Wildman–Crippen MR) is 71.6 cm³/mol. The molecule has 2 rings (SSSR count). The van der Waals surface area contributed by atoms with Crippen molar-refractivity contribution in [3.63, 3.8) is 0 Å². The van der Waals surface area contributed by atoms with Crippen LogP contribution in [0.15, 0.2) is 18.2 Å². The standard InChI is InChI=1S/C15H20FNO2/c1-3-15(4-2)7-8-17(10-15)14(19)12-6-5-11(16)9-13(12)18/h5-6,9,18H,3-4,7-8,10H2,1-2H3. The summed E-state index contributed by atoms with van der Waals surface area (Å²) in [6.07, 6.45) is 3.08. The maximum atomic E-state index is 12.9. The lowest BCUT2D eigenvalue weighted by Crippen LogP contribution is -2.31. The van der Waals surface area contributed by atoms with E-state index >= 15 is 0 Å². The Morgan fingerprint density at radius 3 is 2.63 bits per heavy atom. The van der Waals surface area contributed by atoms with Crippen LogP contribution in [0.1, 0.15) is 43.5 Å². The lowest BCUT2D eigenvalue weighted by molar-refractivity contribution is 0.0767. The van der Waals surface area contributed by atoms with Gasteiger partial charge in [0.2, 0.25) is 0 Å². The first-order valence-corrected chi connectivity index (χ1v) is 6.79. The van der Waals surface area contributed by atoms with Crippen LogP contribution in [0.3, 0.4) is 0 Å². The van der Waals surface area contributed by atoms with E-state index in [-0.39, 0.29) is 22.6 Å². The number of likely N-dealkylation sites (tertiary alicyclic amines) is 1. The highest BCUT2D eigenvalue weighted by atomic mass is 19.1. The smallest absolute Gasteiger partial charge is 0.257 e. The predicted octanol–water partition coefficient (Wildman–Crippen LogP) is 3.18. The van der Waals surface area contributed by atoms with E-state index in [4.69, 9.17) is 0 Å². The summed E-state index contributed by atoms with van der Waals surface area (Å²) in [6.45, 7) is 5.71. The molecule has 1 aromatic rings. The Morgan fingerprint density at radius 1 is 1.42 bits per heavy atom. The molecular formula is C15H20FNO2. The van der Waals surface area contributed by atoms with E-state index in [0.717, 1.165) is 31.9 Å². The summed E-state index contributed by atoms with van der Waals surface area (Å²) < 4.78 is 12.9. The van der Waals surface area contributed by atoms with E-state index in [1.54, 1.807) is 4.90 Å². The van der Waals surface area contributed by atoms with Crippen LogP contribution in [0, 0.1) is 11.2 Å². The van der Waals surface area contributed by atoms with Crippen LogP contribution in [0.4, 0.5) is 4.39 Å². The van der Waals surface area contributed by atoms with Gasteiger partial charge in [-0.1, -0.05) is 13.8 Å². The van der Waals surface area contributed by atoms with Crippen molar-refractivity contribution in [1.82, 2.24) is 4.90 Å².